The third-order valence-electron chi connectivity index (χ3n) is 6.48. The maximum atomic E-state index is 13.0. The first-order valence-corrected chi connectivity index (χ1v) is 14.7. The van der Waals surface area contributed by atoms with E-state index in [0.29, 0.717) is 31.1 Å². The van der Waals surface area contributed by atoms with Gasteiger partial charge in [0.05, 0.1) is 26.2 Å². The van der Waals surface area contributed by atoms with Crippen molar-refractivity contribution in [3.05, 3.63) is 0 Å². The fraction of sp³-hybridized carbons (Fsp3) is 0.867. The van der Waals surface area contributed by atoms with E-state index in [-0.39, 0.29) is 19.8 Å². The molecule has 0 heterocycles. The molecule has 0 spiro atoms. The van der Waals surface area contributed by atoms with Gasteiger partial charge in [0, 0.05) is 0 Å². The second-order valence-corrected chi connectivity index (χ2v) is 11.2. The van der Waals surface area contributed by atoms with Crippen molar-refractivity contribution in [3.63, 3.8) is 0 Å². The molecule has 0 aliphatic carbocycles. The van der Waals surface area contributed by atoms with Crippen molar-refractivity contribution in [1.29, 1.82) is 0 Å². The minimum Gasteiger partial charge on any atom is -0.466 e. The van der Waals surface area contributed by atoms with Gasteiger partial charge in [-0.3, -0.25) is 14.4 Å². The van der Waals surface area contributed by atoms with E-state index >= 15 is 0 Å². The molecule has 0 aromatic rings. The predicted octanol–water partition coefficient (Wildman–Crippen LogP) is 5.96. The summed E-state index contributed by atoms with van der Waals surface area (Å²) >= 11 is 0. The number of rotatable bonds is 23. The van der Waals surface area contributed by atoms with E-state index < -0.39 is 41.6 Å². The molecule has 2 atom stereocenters. The monoisotopic (exact) mass is 542 g/mol. The lowest BCUT2D eigenvalue weighted by atomic mass is 9.81. The summed E-state index contributed by atoms with van der Waals surface area (Å²) in [6, 6.07) is 0. The SMILES string of the molecule is CCCCOC(=O)C(C(C)=O)C(O)(CC(=O)OCCCCCCC(C)C)C(=O)OCCCCCCC(C)C. The van der Waals surface area contributed by atoms with Crippen molar-refractivity contribution in [2.24, 2.45) is 17.8 Å². The van der Waals surface area contributed by atoms with Crippen LogP contribution in [0.1, 0.15) is 125 Å². The van der Waals surface area contributed by atoms with Crippen molar-refractivity contribution >= 4 is 23.7 Å². The average Bonchev–Trinajstić information content (AvgIpc) is 2.82. The molecule has 2 unspecified atom stereocenters. The van der Waals surface area contributed by atoms with E-state index in [1.165, 1.54) is 0 Å². The molecule has 8 nitrogen and oxygen atoms in total. The zero-order valence-corrected chi connectivity index (χ0v) is 24.9. The Morgan fingerprint density at radius 2 is 1.16 bits per heavy atom. The number of esters is 3. The van der Waals surface area contributed by atoms with Gasteiger partial charge in [-0.15, -0.1) is 0 Å². The number of aliphatic hydroxyl groups is 1. The average molecular weight is 543 g/mol. The van der Waals surface area contributed by atoms with Crippen molar-refractivity contribution in [3.8, 4) is 0 Å². The van der Waals surface area contributed by atoms with E-state index in [4.69, 9.17) is 14.2 Å². The third kappa shape index (κ3) is 16.1. The Labute approximate surface area is 230 Å². The van der Waals surface area contributed by atoms with Crippen molar-refractivity contribution < 1.29 is 38.5 Å². The second kappa shape index (κ2) is 20.9. The number of ether oxygens (including phenoxy) is 3. The standard InChI is InChI=1S/C30H54O8/c1-7-8-19-37-28(33)27(25(6)31)30(35,29(34)38-21-16-12-10-14-18-24(4)5)22-26(32)36-20-15-11-9-13-17-23(2)3/h23-24,27,35H,7-22H2,1-6H3. The molecule has 0 aliphatic heterocycles. The summed E-state index contributed by atoms with van der Waals surface area (Å²) in [6.45, 7) is 11.9. The highest BCUT2D eigenvalue weighted by molar-refractivity contribution is 6.05. The molecule has 1 N–H and O–H groups in total. The van der Waals surface area contributed by atoms with Crippen molar-refractivity contribution in [2.75, 3.05) is 19.8 Å². The van der Waals surface area contributed by atoms with Gasteiger partial charge in [-0.25, -0.2) is 4.79 Å². The Hall–Kier alpha value is -1.96. The van der Waals surface area contributed by atoms with Crippen LogP contribution >= 0.6 is 0 Å². The van der Waals surface area contributed by atoms with Gasteiger partial charge < -0.3 is 19.3 Å². The smallest absolute Gasteiger partial charge is 0.340 e. The van der Waals surface area contributed by atoms with Gasteiger partial charge in [0.15, 0.2) is 11.5 Å². The van der Waals surface area contributed by atoms with Crippen LogP contribution in [0.25, 0.3) is 0 Å². The Kier molecular flexibility index (Phi) is 19.9. The number of carbonyl (C=O) groups is 4. The van der Waals surface area contributed by atoms with Gasteiger partial charge in [0.1, 0.15) is 5.78 Å². The summed E-state index contributed by atoms with van der Waals surface area (Å²) in [7, 11) is 0. The van der Waals surface area contributed by atoms with E-state index in [1.807, 2.05) is 6.92 Å². The summed E-state index contributed by atoms with van der Waals surface area (Å²) in [5.41, 5.74) is -2.69. The lowest BCUT2D eigenvalue weighted by Gasteiger charge is -2.30. The van der Waals surface area contributed by atoms with Crippen molar-refractivity contribution in [2.45, 2.75) is 131 Å². The number of hydrogen-bond acceptors (Lipinski definition) is 8. The zero-order valence-electron chi connectivity index (χ0n) is 24.9. The van der Waals surface area contributed by atoms with Gasteiger partial charge in [-0.2, -0.15) is 0 Å². The lowest BCUT2D eigenvalue weighted by molar-refractivity contribution is -0.187. The van der Waals surface area contributed by atoms with E-state index in [9.17, 15) is 24.3 Å². The summed E-state index contributed by atoms with van der Waals surface area (Å²) in [5.74, 6) is -4.46. The summed E-state index contributed by atoms with van der Waals surface area (Å²) in [4.78, 5) is 50.8. The molecule has 8 heteroatoms. The number of carbonyl (C=O) groups excluding carboxylic acids is 4. The quantitative estimate of drug-likeness (QED) is 0.0728. The molecule has 38 heavy (non-hydrogen) atoms. The Morgan fingerprint density at radius 3 is 1.63 bits per heavy atom. The molecule has 222 valence electrons. The highest BCUT2D eigenvalue weighted by Crippen LogP contribution is 2.28. The first-order chi connectivity index (χ1) is 18.0. The maximum Gasteiger partial charge on any atom is 0.340 e. The maximum absolute atomic E-state index is 13.0. The molecule has 0 aliphatic rings. The number of hydrogen-bond donors (Lipinski definition) is 1. The minimum atomic E-state index is -2.69. The van der Waals surface area contributed by atoms with Crippen LogP contribution in [0.4, 0.5) is 0 Å². The first kappa shape index (κ1) is 36.0. The van der Waals surface area contributed by atoms with Crippen LogP contribution in [0.5, 0.6) is 0 Å². The Balaban J connectivity index is 5.17. The summed E-state index contributed by atoms with van der Waals surface area (Å²) < 4.78 is 15.7. The Morgan fingerprint density at radius 1 is 0.684 bits per heavy atom. The van der Waals surface area contributed by atoms with Gasteiger partial charge in [0.25, 0.3) is 0 Å². The zero-order chi connectivity index (χ0) is 29.0. The van der Waals surface area contributed by atoms with Crippen molar-refractivity contribution in [1.82, 2.24) is 0 Å². The minimum absolute atomic E-state index is 0.0176. The topological polar surface area (TPSA) is 116 Å². The molecule has 0 saturated carbocycles. The molecular weight excluding hydrogens is 488 g/mol. The molecular formula is C30H54O8. The fourth-order valence-electron chi connectivity index (χ4n) is 4.15. The fourth-order valence-corrected chi connectivity index (χ4v) is 4.15. The molecule has 0 bridgehead atoms. The molecule has 0 saturated heterocycles. The normalized spacial score (nSPS) is 13.7. The largest absolute Gasteiger partial charge is 0.466 e. The van der Waals surface area contributed by atoms with Crippen LogP contribution in [-0.4, -0.2) is 54.2 Å². The van der Waals surface area contributed by atoms with Crippen LogP contribution in [0.3, 0.4) is 0 Å². The second-order valence-electron chi connectivity index (χ2n) is 11.2. The molecule has 0 aromatic heterocycles. The van der Waals surface area contributed by atoms with Gasteiger partial charge in [-0.05, 0) is 38.0 Å². The number of unbranched alkanes of at least 4 members (excludes halogenated alkanes) is 7. The van der Waals surface area contributed by atoms with Crippen LogP contribution in [-0.2, 0) is 33.4 Å². The molecule has 0 fully saturated rings. The van der Waals surface area contributed by atoms with E-state index in [1.54, 1.807) is 0 Å². The summed E-state index contributed by atoms with van der Waals surface area (Å²) in [5, 5.41) is 11.3. The third-order valence-corrected chi connectivity index (χ3v) is 6.48. The first-order valence-electron chi connectivity index (χ1n) is 14.7. The van der Waals surface area contributed by atoms with Gasteiger partial charge >= 0.3 is 17.9 Å². The van der Waals surface area contributed by atoms with E-state index in [2.05, 4.69) is 27.7 Å². The van der Waals surface area contributed by atoms with Crippen LogP contribution in [0.15, 0.2) is 0 Å². The van der Waals surface area contributed by atoms with E-state index in [0.717, 1.165) is 64.7 Å². The van der Waals surface area contributed by atoms with Crippen LogP contribution in [0, 0.1) is 17.8 Å². The van der Waals surface area contributed by atoms with Crippen LogP contribution < -0.4 is 0 Å². The summed E-state index contributed by atoms with van der Waals surface area (Å²) in [6.07, 6.45) is 9.89. The Bertz CT molecular complexity index is 688. The lowest BCUT2D eigenvalue weighted by Crippen LogP contribution is -2.55. The molecule has 0 radical (unpaired) electrons. The van der Waals surface area contributed by atoms with Gasteiger partial charge in [0.2, 0.25) is 0 Å². The van der Waals surface area contributed by atoms with Crippen LogP contribution in [0.2, 0.25) is 0 Å². The highest BCUT2D eigenvalue weighted by atomic mass is 16.6. The highest BCUT2D eigenvalue weighted by Gasteiger charge is 2.54. The number of Topliss-reactive ketones (excluding diaryl/α,β-unsaturated/α-hetero) is 1. The molecule has 0 aromatic carbocycles. The van der Waals surface area contributed by atoms with Gasteiger partial charge in [-0.1, -0.05) is 92.4 Å². The number of ketones is 1. The molecule has 0 amide bonds. The predicted molar refractivity (Wildman–Crippen MR) is 147 cm³/mol. The molecule has 0 rings (SSSR count).